The molecule has 420 valence electrons. The Hall–Kier alpha value is -1.85. The third-order valence-electron chi connectivity index (χ3n) is 14.8. The van der Waals surface area contributed by atoms with Crippen molar-refractivity contribution >= 4 is 17.9 Å². The Morgan fingerprint density at radius 1 is 0.268 bits per heavy atom. The summed E-state index contributed by atoms with van der Waals surface area (Å²) in [4.78, 5) is 38.3. The molecule has 0 saturated carbocycles. The van der Waals surface area contributed by atoms with Gasteiger partial charge in [-0.25, -0.2) is 0 Å². The van der Waals surface area contributed by atoms with E-state index in [9.17, 15) is 14.4 Å². The van der Waals surface area contributed by atoms with Gasteiger partial charge >= 0.3 is 17.9 Å². The Balaban J connectivity index is 4.30. The lowest BCUT2D eigenvalue weighted by Gasteiger charge is -2.18. The minimum absolute atomic E-state index is 0.0645. The second kappa shape index (κ2) is 60.7. The molecule has 71 heavy (non-hydrogen) atoms. The van der Waals surface area contributed by atoms with Gasteiger partial charge in [-0.2, -0.15) is 0 Å². The fraction of sp³-hybridized carbons (Fsp3) is 0.923. The highest BCUT2D eigenvalue weighted by atomic mass is 16.6. The third kappa shape index (κ3) is 58.9. The molecule has 0 unspecified atom stereocenters. The number of unbranched alkanes of at least 4 members (excludes halogenated alkanes) is 47. The molecule has 0 aliphatic heterocycles. The number of allylic oxidation sites excluding steroid dienone is 2. The van der Waals surface area contributed by atoms with Crippen molar-refractivity contribution in [2.45, 2.75) is 374 Å². The Morgan fingerprint density at radius 2 is 0.465 bits per heavy atom. The van der Waals surface area contributed by atoms with E-state index in [1.807, 2.05) is 0 Å². The molecule has 0 aromatic rings. The average molecular weight is 1000 g/mol. The standard InChI is InChI=1S/C65H124O6/c1-4-7-10-13-16-19-22-25-28-31-34-37-40-43-46-49-52-55-58-64(67)70-61-62(60-69-63(66)57-54-51-48-45-42-39-36-33-30-27-24-21-18-15-12-9-6-3)71-65(68)59-56-53-50-47-44-41-38-35-32-29-26-23-20-17-14-11-8-5-2/h27,30,62H,4-26,28-29,31-61H2,1-3H3/b30-27-/t62-/m1/s1. The lowest BCUT2D eigenvalue weighted by Crippen LogP contribution is -2.30. The van der Waals surface area contributed by atoms with Gasteiger partial charge in [-0.3, -0.25) is 14.4 Å². The molecule has 6 heteroatoms. The molecular formula is C65H124O6. The molecule has 0 saturated heterocycles. The van der Waals surface area contributed by atoms with Gasteiger partial charge in [-0.05, 0) is 44.9 Å². The highest BCUT2D eigenvalue weighted by Crippen LogP contribution is 2.18. The first-order valence-corrected chi connectivity index (χ1v) is 32.2. The molecule has 0 spiro atoms. The van der Waals surface area contributed by atoms with Crippen molar-refractivity contribution in [2.24, 2.45) is 0 Å². The van der Waals surface area contributed by atoms with Crippen LogP contribution in [0.2, 0.25) is 0 Å². The van der Waals surface area contributed by atoms with Crippen molar-refractivity contribution in [2.75, 3.05) is 13.2 Å². The van der Waals surface area contributed by atoms with Crippen LogP contribution >= 0.6 is 0 Å². The van der Waals surface area contributed by atoms with Crippen molar-refractivity contribution in [1.29, 1.82) is 0 Å². The van der Waals surface area contributed by atoms with Gasteiger partial charge in [0.1, 0.15) is 13.2 Å². The Kier molecular flexibility index (Phi) is 59.1. The van der Waals surface area contributed by atoms with Crippen LogP contribution in [0, 0.1) is 0 Å². The number of ether oxygens (including phenoxy) is 3. The van der Waals surface area contributed by atoms with E-state index >= 15 is 0 Å². The van der Waals surface area contributed by atoms with Crippen LogP contribution in [0.5, 0.6) is 0 Å². The van der Waals surface area contributed by atoms with Crippen LogP contribution in [0.3, 0.4) is 0 Å². The predicted octanol–water partition coefficient (Wildman–Crippen LogP) is 21.7. The molecule has 0 fully saturated rings. The maximum atomic E-state index is 12.9. The maximum absolute atomic E-state index is 12.9. The van der Waals surface area contributed by atoms with Gasteiger partial charge in [0.15, 0.2) is 6.10 Å². The summed E-state index contributed by atoms with van der Waals surface area (Å²) < 4.78 is 17.0. The van der Waals surface area contributed by atoms with E-state index in [4.69, 9.17) is 14.2 Å². The molecule has 0 bridgehead atoms. The summed E-state index contributed by atoms with van der Waals surface area (Å²) in [6, 6.07) is 0. The SMILES string of the molecule is CCCCCCCC/C=C\CCCCCCCCCC(=O)OC[C@H](COC(=O)CCCCCCCCCCCCCCCCCCCC)OC(=O)CCCCCCCCCCCCCCCCCCCC. The van der Waals surface area contributed by atoms with Gasteiger partial charge in [0, 0.05) is 19.3 Å². The quantitative estimate of drug-likeness (QED) is 0.0261. The number of rotatable bonds is 60. The predicted molar refractivity (Wildman–Crippen MR) is 307 cm³/mol. The second-order valence-electron chi connectivity index (χ2n) is 22.0. The van der Waals surface area contributed by atoms with Gasteiger partial charge < -0.3 is 14.2 Å². The minimum atomic E-state index is -0.767. The molecule has 0 radical (unpaired) electrons. The van der Waals surface area contributed by atoms with Gasteiger partial charge in [0.2, 0.25) is 0 Å². The second-order valence-corrected chi connectivity index (χ2v) is 22.0. The number of esters is 3. The number of carbonyl (C=O) groups excluding carboxylic acids is 3. The molecule has 6 nitrogen and oxygen atoms in total. The molecule has 1 atom stereocenters. The molecule has 0 amide bonds. The van der Waals surface area contributed by atoms with Crippen LogP contribution in [0.25, 0.3) is 0 Å². The van der Waals surface area contributed by atoms with Crippen molar-refractivity contribution in [3.05, 3.63) is 12.2 Å². The Bertz CT molecular complexity index is 1100. The summed E-state index contributed by atoms with van der Waals surface area (Å²) in [5, 5.41) is 0. The summed E-state index contributed by atoms with van der Waals surface area (Å²) in [6.07, 6.45) is 70.7. The first-order valence-electron chi connectivity index (χ1n) is 32.2. The van der Waals surface area contributed by atoms with E-state index < -0.39 is 6.10 Å². The Labute approximate surface area is 443 Å². The highest BCUT2D eigenvalue weighted by Gasteiger charge is 2.19. The van der Waals surface area contributed by atoms with Crippen molar-refractivity contribution in [3.63, 3.8) is 0 Å². The Morgan fingerprint density at radius 3 is 0.704 bits per heavy atom. The van der Waals surface area contributed by atoms with Crippen LogP contribution in [0.15, 0.2) is 12.2 Å². The van der Waals surface area contributed by atoms with E-state index in [1.165, 1.54) is 270 Å². The summed E-state index contributed by atoms with van der Waals surface area (Å²) >= 11 is 0. The lowest BCUT2D eigenvalue weighted by atomic mass is 10.0. The molecular weight excluding hydrogens is 877 g/mol. The fourth-order valence-corrected chi connectivity index (χ4v) is 9.91. The monoisotopic (exact) mass is 1000 g/mol. The zero-order valence-corrected chi connectivity index (χ0v) is 48.3. The van der Waals surface area contributed by atoms with E-state index in [1.54, 1.807) is 0 Å². The van der Waals surface area contributed by atoms with Crippen LogP contribution in [0.4, 0.5) is 0 Å². The number of hydrogen-bond donors (Lipinski definition) is 0. The molecule has 0 rings (SSSR count). The normalized spacial score (nSPS) is 12.0. The molecule has 0 aromatic carbocycles. The zero-order chi connectivity index (χ0) is 51.4. The summed E-state index contributed by atoms with van der Waals surface area (Å²) in [7, 11) is 0. The molecule has 0 aromatic heterocycles. The van der Waals surface area contributed by atoms with E-state index in [0.717, 1.165) is 57.8 Å². The summed E-state index contributed by atoms with van der Waals surface area (Å²) in [5.74, 6) is -0.837. The molecule has 0 aliphatic carbocycles. The van der Waals surface area contributed by atoms with Crippen LogP contribution in [0.1, 0.15) is 367 Å². The zero-order valence-electron chi connectivity index (χ0n) is 48.3. The smallest absolute Gasteiger partial charge is 0.306 e. The fourth-order valence-electron chi connectivity index (χ4n) is 9.91. The van der Waals surface area contributed by atoms with Gasteiger partial charge in [-0.15, -0.1) is 0 Å². The first kappa shape index (κ1) is 69.2. The third-order valence-corrected chi connectivity index (χ3v) is 14.8. The minimum Gasteiger partial charge on any atom is -0.462 e. The number of carbonyl (C=O) groups is 3. The molecule has 0 aliphatic rings. The largest absolute Gasteiger partial charge is 0.462 e. The van der Waals surface area contributed by atoms with Crippen LogP contribution < -0.4 is 0 Å². The van der Waals surface area contributed by atoms with E-state index in [0.29, 0.717) is 19.3 Å². The van der Waals surface area contributed by atoms with Gasteiger partial charge in [0.05, 0.1) is 0 Å². The average Bonchev–Trinajstić information content (AvgIpc) is 3.37. The van der Waals surface area contributed by atoms with Gasteiger partial charge in [-0.1, -0.05) is 315 Å². The highest BCUT2D eigenvalue weighted by molar-refractivity contribution is 5.71. The maximum Gasteiger partial charge on any atom is 0.306 e. The van der Waals surface area contributed by atoms with Crippen LogP contribution in [-0.2, 0) is 28.6 Å². The van der Waals surface area contributed by atoms with Gasteiger partial charge in [0.25, 0.3) is 0 Å². The summed E-state index contributed by atoms with van der Waals surface area (Å²) in [5.41, 5.74) is 0. The topological polar surface area (TPSA) is 78.9 Å². The lowest BCUT2D eigenvalue weighted by molar-refractivity contribution is -0.167. The van der Waals surface area contributed by atoms with Crippen molar-refractivity contribution in [3.8, 4) is 0 Å². The van der Waals surface area contributed by atoms with Crippen molar-refractivity contribution < 1.29 is 28.6 Å². The van der Waals surface area contributed by atoms with Crippen LogP contribution in [-0.4, -0.2) is 37.2 Å². The van der Waals surface area contributed by atoms with E-state index in [2.05, 4.69) is 32.9 Å². The molecule has 0 heterocycles. The molecule has 0 N–H and O–H groups in total. The van der Waals surface area contributed by atoms with Crippen molar-refractivity contribution in [1.82, 2.24) is 0 Å². The van der Waals surface area contributed by atoms with E-state index in [-0.39, 0.29) is 31.1 Å². The summed E-state index contributed by atoms with van der Waals surface area (Å²) in [6.45, 7) is 6.71. The first-order chi connectivity index (χ1) is 35.0. The number of hydrogen-bond acceptors (Lipinski definition) is 6.